The molecule has 7 nitrogen and oxygen atoms in total. The summed E-state index contributed by atoms with van der Waals surface area (Å²) in [6.07, 6.45) is 3.04. The minimum atomic E-state index is -0.127. The van der Waals surface area contributed by atoms with Gasteiger partial charge in [-0.05, 0) is 35.7 Å². The Morgan fingerprint density at radius 2 is 2.00 bits per heavy atom. The van der Waals surface area contributed by atoms with Crippen LogP contribution in [0.2, 0.25) is 0 Å². The van der Waals surface area contributed by atoms with Gasteiger partial charge in [-0.3, -0.25) is 9.78 Å². The van der Waals surface area contributed by atoms with Crippen molar-refractivity contribution in [2.45, 2.75) is 26.3 Å². The molecule has 2 aliphatic heterocycles. The zero-order valence-electron chi connectivity index (χ0n) is 16.1. The second kappa shape index (κ2) is 7.42. The Balaban J connectivity index is 1.43. The summed E-state index contributed by atoms with van der Waals surface area (Å²) in [5.41, 5.74) is 4.75. The minimum Gasteiger partial charge on any atom is -0.318 e. The molecule has 0 aliphatic carbocycles. The van der Waals surface area contributed by atoms with Crippen molar-refractivity contribution in [3.05, 3.63) is 59.4 Å². The predicted molar refractivity (Wildman–Crippen MR) is 107 cm³/mol. The average molecular weight is 377 g/mol. The zero-order valence-corrected chi connectivity index (χ0v) is 16.1. The fourth-order valence-corrected chi connectivity index (χ4v) is 3.61. The number of hydrogen-bond acceptors (Lipinski definition) is 4. The van der Waals surface area contributed by atoms with Gasteiger partial charge in [-0.1, -0.05) is 25.1 Å². The number of nitrogens with zero attached hydrogens (tertiary/aromatic N) is 4. The summed E-state index contributed by atoms with van der Waals surface area (Å²) in [5, 5.41) is 8.75. The Hall–Kier alpha value is -3.22. The highest BCUT2D eigenvalue weighted by atomic mass is 16.2. The van der Waals surface area contributed by atoms with Gasteiger partial charge >= 0.3 is 6.03 Å². The van der Waals surface area contributed by atoms with Crippen LogP contribution in [0.25, 0.3) is 0 Å². The van der Waals surface area contributed by atoms with Crippen molar-refractivity contribution in [3.63, 3.8) is 0 Å². The van der Waals surface area contributed by atoms with Crippen LogP contribution in [-0.4, -0.2) is 46.1 Å². The van der Waals surface area contributed by atoms with Crippen LogP contribution in [0.5, 0.6) is 0 Å². The minimum absolute atomic E-state index is 0.0257. The van der Waals surface area contributed by atoms with E-state index in [1.807, 2.05) is 37.3 Å². The molecule has 3 amide bonds. The summed E-state index contributed by atoms with van der Waals surface area (Å²) < 4.78 is 0. The van der Waals surface area contributed by atoms with E-state index in [9.17, 15) is 9.59 Å². The van der Waals surface area contributed by atoms with Gasteiger partial charge in [0.2, 0.25) is 5.91 Å². The maximum Gasteiger partial charge on any atom is 0.322 e. The highest BCUT2D eigenvalue weighted by molar-refractivity contribution is 6.06. The van der Waals surface area contributed by atoms with Gasteiger partial charge in [0.1, 0.15) is 0 Å². The molecule has 1 aromatic heterocycles. The molecule has 1 atom stereocenters. The quantitative estimate of drug-likeness (QED) is 0.874. The first-order chi connectivity index (χ1) is 13.5. The predicted octanol–water partition coefficient (Wildman–Crippen LogP) is 2.87. The van der Waals surface area contributed by atoms with E-state index in [0.717, 1.165) is 29.1 Å². The lowest BCUT2D eigenvalue weighted by Gasteiger charge is -2.28. The van der Waals surface area contributed by atoms with Crippen LogP contribution >= 0.6 is 0 Å². The van der Waals surface area contributed by atoms with Crippen molar-refractivity contribution in [1.29, 1.82) is 0 Å². The molecule has 1 unspecified atom stereocenters. The van der Waals surface area contributed by atoms with Crippen LogP contribution in [0.4, 0.5) is 10.5 Å². The number of hydrogen-bond donors (Lipinski definition) is 1. The Kier molecular flexibility index (Phi) is 4.81. The number of hydrazone groups is 1. The summed E-state index contributed by atoms with van der Waals surface area (Å²) in [7, 11) is 1.68. The van der Waals surface area contributed by atoms with E-state index in [-0.39, 0.29) is 17.9 Å². The van der Waals surface area contributed by atoms with E-state index >= 15 is 0 Å². The molecule has 3 heterocycles. The molecule has 4 rings (SSSR count). The lowest BCUT2D eigenvalue weighted by molar-refractivity contribution is -0.131. The Morgan fingerprint density at radius 1 is 1.21 bits per heavy atom. The standard InChI is InChI=1S/C21H23N5O2/c1-14-12-19(27)25(2)24-20(14)16-5-7-17(8-6-16)23-21(28)26-11-9-15-4-3-10-22-18(15)13-26/h3-8,10,14H,9,11-13H2,1-2H3,(H,23,28). The number of amides is 3. The van der Waals surface area contributed by atoms with E-state index in [1.54, 1.807) is 18.1 Å². The molecular weight excluding hydrogens is 354 g/mol. The van der Waals surface area contributed by atoms with E-state index in [2.05, 4.69) is 21.5 Å². The molecule has 1 N–H and O–H groups in total. The number of carbonyl (C=O) groups is 2. The van der Waals surface area contributed by atoms with Gasteiger partial charge in [-0.2, -0.15) is 5.10 Å². The van der Waals surface area contributed by atoms with E-state index in [4.69, 9.17) is 0 Å². The Labute approximate surface area is 164 Å². The summed E-state index contributed by atoms with van der Waals surface area (Å²) >= 11 is 0. The van der Waals surface area contributed by atoms with Crippen molar-refractivity contribution in [2.24, 2.45) is 11.0 Å². The van der Waals surface area contributed by atoms with E-state index < -0.39 is 0 Å². The summed E-state index contributed by atoms with van der Waals surface area (Å²) in [4.78, 5) is 30.5. The fourth-order valence-electron chi connectivity index (χ4n) is 3.61. The molecule has 1 aromatic carbocycles. The number of pyridine rings is 1. The van der Waals surface area contributed by atoms with Gasteiger partial charge in [-0.15, -0.1) is 0 Å². The van der Waals surface area contributed by atoms with E-state index in [1.165, 1.54) is 10.6 Å². The second-order valence-corrected chi connectivity index (χ2v) is 7.30. The SMILES string of the molecule is CC1CC(=O)N(C)N=C1c1ccc(NC(=O)N2CCc3cccnc3C2)cc1. The lowest BCUT2D eigenvalue weighted by atomic mass is 9.94. The molecular formula is C21H23N5O2. The molecule has 0 saturated heterocycles. The van der Waals surface area contributed by atoms with Crippen LogP contribution in [0.1, 0.15) is 30.2 Å². The maximum atomic E-state index is 12.6. The smallest absolute Gasteiger partial charge is 0.318 e. The van der Waals surface area contributed by atoms with Crippen molar-refractivity contribution < 1.29 is 9.59 Å². The number of carbonyl (C=O) groups excluding carboxylic acids is 2. The average Bonchev–Trinajstić information content (AvgIpc) is 2.71. The summed E-state index contributed by atoms with van der Waals surface area (Å²) in [5.74, 6) is 0.0998. The normalized spacial score (nSPS) is 19.1. The largest absolute Gasteiger partial charge is 0.322 e. The first-order valence-electron chi connectivity index (χ1n) is 9.45. The maximum absolute atomic E-state index is 12.6. The van der Waals surface area contributed by atoms with Crippen LogP contribution < -0.4 is 5.32 Å². The van der Waals surface area contributed by atoms with Gasteiger partial charge < -0.3 is 10.2 Å². The third-order valence-electron chi connectivity index (χ3n) is 5.26. The molecule has 28 heavy (non-hydrogen) atoms. The highest BCUT2D eigenvalue weighted by Crippen LogP contribution is 2.22. The first kappa shape index (κ1) is 18.2. The molecule has 0 spiro atoms. The van der Waals surface area contributed by atoms with Gasteiger partial charge in [-0.25, -0.2) is 9.80 Å². The van der Waals surface area contributed by atoms with Crippen molar-refractivity contribution in [3.8, 4) is 0 Å². The molecule has 0 fully saturated rings. The molecule has 0 radical (unpaired) electrons. The second-order valence-electron chi connectivity index (χ2n) is 7.30. The Bertz CT molecular complexity index is 938. The highest BCUT2D eigenvalue weighted by Gasteiger charge is 2.25. The number of rotatable bonds is 2. The van der Waals surface area contributed by atoms with Crippen LogP contribution in [-0.2, 0) is 17.8 Å². The van der Waals surface area contributed by atoms with Crippen LogP contribution in [0, 0.1) is 5.92 Å². The number of anilines is 1. The third-order valence-corrected chi connectivity index (χ3v) is 5.26. The van der Waals surface area contributed by atoms with E-state index in [0.29, 0.717) is 19.5 Å². The van der Waals surface area contributed by atoms with Gasteiger partial charge in [0, 0.05) is 37.8 Å². The monoisotopic (exact) mass is 377 g/mol. The fraction of sp³-hybridized carbons (Fsp3) is 0.333. The summed E-state index contributed by atoms with van der Waals surface area (Å²) in [6, 6.07) is 11.5. The molecule has 0 saturated carbocycles. The number of nitrogens with one attached hydrogen (secondary N) is 1. The van der Waals surface area contributed by atoms with Crippen molar-refractivity contribution in [1.82, 2.24) is 14.9 Å². The van der Waals surface area contributed by atoms with Gasteiger partial charge in [0.25, 0.3) is 0 Å². The van der Waals surface area contributed by atoms with Crippen LogP contribution in [0.15, 0.2) is 47.7 Å². The van der Waals surface area contributed by atoms with Crippen LogP contribution in [0.3, 0.4) is 0 Å². The zero-order chi connectivity index (χ0) is 19.7. The topological polar surface area (TPSA) is 77.9 Å². The summed E-state index contributed by atoms with van der Waals surface area (Å²) in [6.45, 7) is 3.20. The van der Waals surface area contributed by atoms with Crippen molar-refractivity contribution >= 4 is 23.3 Å². The molecule has 2 aromatic rings. The molecule has 2 aliphatic rings. The number of benzene rings is 1. The van der Waals surface area contributed by atoms with Gasteiger partial charge in [0.05, 0.1) is 18.0 Å². The first-order valence-corrected chi connectivity index (χ1v) is 9.45. The number of aromatic nitrogens is 1. The number of urea groups is 1. The molecule has 144 valence electrons. The number of fused-ring (bicyclic) bond motifs is 1. The third kappa shape index (κ3) is 3.60. The molecule has 0 bridgehead atoms. The lowest BCUT2D eigenvalue weighted by Crippen LogP contribution is -2.39. The van der Waals surface area contributed by atoms with Gasteiger partial charge in [0.15, 0.2) is 0 Å². The molecule has 7 heteroatoms. The Morgan fingerprint density at radius 3 is 2.79 bits per heavy atom. The van der Waals surface area contributed by atoms with Crippen molar-refractivity contribution in [2.75, 3.05) is 18.9 Å².